The average molecular weight is 973 g/mol. The third kappa shape index (κ3) is 17.6. The van der Waals surface area contributed by atoms with Crippen LogP contribution in [-0.4, -0.2) is 115 Å². The van der Waals surface area contributed by atoms with Gasteiger partial charge in [0.05, 0.1) is 28.8 Å². The molecule has 8 N–H and O–H groups in total. The van der Waals surface area contributed by atoms with Crippen LogP contribution in [0.15, 0.2) is 76.1 Å². The number of nitrogens with one attached hydrogen (secondary N) is 5. The highest BCUT2D eigenvalue weighted by molar-refractivity contribution is 6.06. The molecule has 5 atom stereocenters. The van der Waals surface area contributed by atoms with E-state index in [0.717, 1.165) is 5.01 Å². The Morgan fingerprint density at radius 3 is 2.26 bits per heavy atom. The molecule has 2 heterocycles. The molecule has 2 aromatic carbocycles. The summed E-state index contributed by atoms with van der Waals surface area (Å²) in [5.74, 6) is -3.49. The predicted octanol–water partition coefficient (Wildman–Crippen LogP) is 3.30. The Balaban J connectivity index is 1.42. The number of hydrogen-bond acceptors (Lipinski definition) is 16. The number of nitro groups is 1. The molecule has 0 saturated carbocycles. The zero-order valence-electron chi connectivity index (χ0n) is 39.4. The summed E-state index contributed by atoms with van der Waals surface area (Å²) >= 11 is 0. The molecule has 26 heteroatoms. The van der Waals surface area contributed by atoms with Gasteiger partial charge in [-0.15, -0.1) is 15.3 Å². The van der Waals surface area contributed by atoms with Gasteiger partial charge in [0, 0.05) is 48.7 Å². The molecule has 0 aliphatic carbocycles. The van der Waals surface area contributed by atoms with Crippen LogP contribution in [-0.2, 0) is 41.7 Å². The minimum atomic E-state index is -1.27. The summed E-state index contributed by atoms with van der Waals surface area (Å²) in [6.45, 7) is 6.50. The van der Waals surface area contributed by atoms with Gasteiger partial charge < -0.3 is 36.8 Å². The number of benzene rings is 2. The zero-order valence-corrected chi connectivity index (χ0v) is 39.4. The number of nitrogens with zero attached hydrogens (tertiary/aromatic N) is 10. The summed E-state index contributed by atoms with van der Waals surface area (Å²) in [4.78, 5) is 91.5. The lowest BCUT2D eigenvalue weighted by atomic mass is 10.0. The Kier molecular flexibility index (Phi) is 21.6. The van der Waals surface area contributed by atoms with Crippen molar-refractivity contribution in [2.75, 3.05) is 13.1 Å². The fourth-order valence-electron chi connectivity index (χ4n) is 6.99. The number of aliphatic carboxylic acids is 1. The first kappa shape index (κ1) is 54.6. The van der Waals surface area contributed by atoms with Crippen molar-refractivity contribution >= 4 is 53.0 Å². The Morgan fingerprint density at radius 1 is 0.900 bits per heavy atom. The standard InChI is InChI=1S/C44H60N16O10/c1-27(2)24-33(45)40(62)50-35(17-10-12-22-48-56-46)42(64)51-34(41(63)47-25-38(61)49-28(3)43(65)66)18-11-13-23-58-26-31(52-57-58)20-21-37-53-54-39(30-14-6-5-7-15-30)55-59(37)44(67)70-29(4)32-16-8-9-19-36(32)60(68)69/h5-9,14-16,19,26-29,33-35H,10-13,17-18,20-25,45H2,1-4H3,(H,47,63)(H,49,61)(H,50,62)(H,51,64)(H,54,55)(H,65,66)/t28-,29?,33-,34-,35-/m0/s1. The first-order valence-corrected chi connectivity index (χ1v) is 22.7. The fourth-order valence-corrected chi connectivity index (χ4v) is 6.99. The lowest BCUT2D eigenvalue weighted by Gasteiger charge is -2.28. The molecule has 1 unspecified atom stereocenters. The van der Waals surface area contributed by atoms with Crippen molar-refractivity contribution in [1.29, 1.82) is 0 Å². The highest BCUT2D eigenvalue weighted by Gasteiger charge is 2.31. The number of amides is 5. The third-order valence-corrected chi connectivity index (χ3v) is 10.7. The highest BCUT2D eigenvalue weighted by Crippen LogP contribution is 2.28. The average Bonchev–Trinajstić information content (AvgIpc) is 3.80. The summed E-state index contributed by atoms with van der Waals surface area (Å²) in [5.41, 5.74) is 18.9. The second-order valence-electron chi connectivity index (χ2n) is 16.7. The van der Waals surface area contributed by atoms with Crippen molar-refractivity contribution in [3.8, 4) is 0 Å². The number of rotatable bonds is 28. The first-order chi connectivity index (χ1) is 33.5. The number of ether oxygens (including phenoxy) is 1. The van der Waals surface area contributed by atoms with Gasteiger partial charge >= 0.3 is 12.1 Å². The van der Waals surface area contributed by atoms with Crippen LogP contribution in [0.25, 0.3) is 10.4 Å². The summed E-state index contributed by atoms with van der Waals surface area (Å²) in [6, 6.07) is 10.5. The number of carbonyl (C=O) groups is 6. The fraction of sp³-hybridized carbons (Fsp3) is 0.500. The van der Waals surface area contributed by atoms with E-state index in [0.29, 0.717) is 49.9 Å². The van der Waals surface area contributed by atoms with Gasteiger partial charge in [0.2, 0.25) is 23.6 Å². The number of carbonyl (C=O) groups excluding carboxylic acids is 5. The van der Waals surface area contributed by atoms with Gasteiger partial charge in [-0.05, 0) is 69.9 Å². The largest absolute Gasteiger partial charge is 0.480 e. The first-order valence-electron chi connectivity index (χ1n) is 22.7. The number of aromatic nitrogens is 3. The molecule has 0 fully saturated rings. The summed E-state index contributed by atoms with van der Waals surface area (Å²) < 4.78 is 7.27. The number of nitrogens with two attached hydrogens (primary N) is 1. The van der Waals surface area contributed by atoms with Gasteiger partial charge in [0.25, 0.3) is 5.69 Å². The second-order valence-corrected chi connectivity index (χ2v) is 16.7. The van der Waals surface area contributed by atoms with Gasteiger partial charge in [0.1, 0.15) is 24.2 Å². The minimum Gasteiger partial charge on any atom is -0.480 e. The van der Waals surface area contributed by atoms with Gasteiger partial charge in [-0.2, -0.15) is 5.01 Å². The van der Waals surface area contributed by atoms with Gasteiger partial charge in [0.15, 0.2) is 11.7 Å². The van der Waals surface area contributed by atoms with Crippen LogP contribution < -0.4 is 32.4 Å². The SMILES string of the molecule is CC(C)C[C@H](N)C(=O)N[C@@H](CCCCN=[N+]=[N-])C(=O)N[C@@H](CCCCn1cc(CCC2=NN=C(c3ccccc3)NN2C(=O)OC(C)c2ccccc2[N+](=O)[O-])nn1)C(=O)NCC(=O)N[C@@H](C)C(=O)O. The van der Waals surface area contributed by atoms with Crippen molar-refractivity contribution in [2.45, 2.75) is 122 Å². The van der Waals surface area contributed by atoms with Crippen LogP contribution in [0, 0.1) is 16.0 Å². The second kappa shape index (κ2) is 27.7. The van der Waals surface area contributed by atoms with E-state index in [9.17, 15) is 38.9 Å². The Morgan fingerprint density at radius 2 is 1.57 bits per heavy atom. The van der Waals surface area contributed by atoms with E-state index in [1.54, 1.807) is 41.2 Å². The maximum absolute atomic E-state index is 13.8. The summed E-state index contributed by atoms with van der Waals surface area (Å²) in [6.07, 6.45) is 2.36. The smallest absolute Gasteiger partial charge is 0.435 e. The number of carboxylic acid groups (broad SMARTS) is 1. The molecular formula is C44H60N16O10. The predicted molar refractivity (Wildman–Crippen MR) is 253 cm³/mol. The van der Waals surface area contributed by atoms with Crippen LogP contribution in [0.3, 0.4) is 0 Å². The number of carboxylic acids is 1. The van der Waals surface area contributed by atoms with Crippen molar-refractivity contribution in [3.05, 3.63) is 98.2 Å². The molecule has 5 amide bonds. The van der Waals surface area contributed by atoms with Crippen LogP contribution in [0.5, 0.6) is 0 Å². The molecule has 0 radical (unpaired) electrons. The molecule has 1 aliphatic rings. The van der Waals surface area contributed by atoms with Crippen LogP contribution in [0.1, 0.15) is 102 Å². The van der Waals surface area contributed by atoms with Crippen molar-refractivity contribution in [2.24, 2.45) is 27.0 Å². The van der Waals surface area contributed by atoms with Crippen LogP contribution in [0.2, 0.25) is 0 Å². The quantitative estimate of drug-likeness (QED) is 0.0137. The van der Waals surface area contributed by atoms with Crippen molar-refractivity contribution in [1.82, 2.24) is 46.7 Å². The summed E-state index contributed by atoms with van der Waals surface area (Å²) in [7, 11) is 0. The van der Waals surface area contributed by atoms with Crippen molar-refractivity contribution in [3.63, 3.8) is 0 Å². The van der Waals surface area contributed by atoms with E-state index in [1.807, 2.05) is 19.9 Å². The topological polar surface area (TPSA) is 369 Å². The van der Waals surface area contributed by atoms with Gasteiger partial charge in [-0.1, -0.05) is 73.1 Å². The molecule has 1 aromatic heterocycles. The molecule has 0 spiro atoms. The van der Waals surface area contributed by atoms with E-state index in [1.165, 1.54) is 32.0 Å². The molecule has 3 aromatic rings. The number of hydrazine groups is 1. The molecule has 4 rings (SSSR count). The van der Waals surface area contributed by atoms with Crippen LogP contribution in [0.4, 0.5) is 10.5 Å². The lowest BCUT2D eigenvalue weighted by Crippen LogP contribution is -2.56. The molecule has 376 valence electrons. The number of amidine groups is 2. The molecule has 0 saturated heterocycles. The lowest BCUT2D eigenvalue weighted by molar-refractivity contribution is -0.386. The normalized spacial score (nSPS) is 14.2. The Labute approximate surface area is 403 Å². The molecular weight excluding hydrogens is 913 g/mol. The minimum absolute atomic E-state index is 0.0805. The van der Waals surface area contributed by atoms with E-state index < -0.39 is 77.4 Å². The zero-order chi connectivity index (χ0) is 51.2. The Hall–Kier alpha value is -7.99. The maximum atomic E-state index is 13.8. The number of nitro benzene ring substituents is 1. The van der Waals surface area contributed by atoms with Crippen molar-refractivity contribution < 1.29 is 43.5 Å². The maximum Gasteiger partial charge on any atom is 0.435 e. The third-order valence-electron chi connectivity index (χ3n) is 10.7. The monoisotopic (exact) mass is 972 g/mol. The van der Waals surface area contributed by atoms with Gasteiger partial charge in [-0.3, -0.25) is 44.2 Å². The molecule has 70 heavy (non-hydrogen) atoms. The number of aryl methyl sites for hydroxylation is 2. The molecule has 1 aliphatic heterocycles. The van der Waals surface area contributed by atoms with Gasteiger partial charge in [-0.25, -0.2) is 4.79 Å². The number of hydrogen-bond donors (Lipinski definition) is 7. The van der Waals surface area contributed by atoms with E-state index >= 15 is 0 Å². The number of azide groups is 1. The molecule has 0 bridgehead atoms. The van der Waals surface area contributed by atoms with E-state index in [4.69, 9.17) is 21.1 Å². The van der Waals surface area contributed by atoms with E-state index in [2.05, 4.69) is 57.2 Å². The number of unbranched alkanes of at least 4 members (excludes halogenated alkanes) is 2. The summed E-state index contributed by atoms with van der Waals surface area (Å²) in [5, 5.41) is 52.6. The number of para-hydroxylation sites is 1. The Bertz CT molecular complexity index is 2410. The highest BCUT2D eigenvalue weighted by atomic mass is 16.6. The van der Waals surface area contributed by atoms with E-state index in [-0.39, 0.29) is 61.1 Å². The molecule has 26 nitrogen and oxygen atoms in total. The van der Waals surface area contributed by atoms with Crippen LogP contribution >= 0.6 is 0 Å².